The molecule has 1 rings (SSSR count). The van der Waals surface area contributed by atoms with Gasteiger partial charge in [-0.1, -0.05) is 13.3 Å². The minimum absolute atomic E-state index is 0.180. The largest absolute Gasteiger partial charge is 0.388 e. The zero-order valence-electron chi connectivity index (χ0n) is 9.81. The van der Waals surface area contributed by atoms with E-state index in [4.69, 9.17) is 14.2 Å². The number of hydrogen-bond acceptors (Lipinski definition) is 4. The molecule has 0 spiro atoms. The number of ether oxygens (including phenoxy) is 3. The second-order valence-electron chi connectivity index (χ2n) is 4.00. The second kappa shape index (κ2) is 6.43. The minimum Gasteiger partial charge on any atom is -0.388 e. The molecule has 0 radical (unpaired) electrons. The third kappa shape index (κ3) is 3.72. The van der Waals surface area contributed by atoms with E-state index in [-0.39, 0.29) is 18.5 Å². The molecule has 0 aromatic heterocycles. The summed E-state index contributed by atoms with van der Waals surface area (Å²) in [6.45, 7) is 4.67. The Hall–Kier alpha value is -0.160. The zero-order chi connectivity index (χ0) is 11.3. The summed E-state index contributed by atoms with van der Waals surface area (Å²) in [5.74, 6) is 0. The highest BCUT2D eigenvalue weighted by atomic mass is 16.7. The van der Waals surface area contributed by atoms with Gasteiger partial charge in [0.05, 0.1) is 12.2 Å². The van der Waals surface area contributed by atoms with Crippen molar-refractivity contribution in [3.63, 3.8) is 0 Å². The van der Waals surface area contributed by atoms with Gasteiger partial charge in [-0.05, 0) is 13.3 Å². The Bertz CT molecular complexity index is 174. The van der Waals surface area contributed by atoms with Crippen LogP contribution in [0.25, 0.3) is 0 Å². The predicted molar refractivity (Wildman–Crippen MR) is 56.6 cm³/mol. The third-order valence-electron chi connectivity index (χ3n) is 2.76. The van der Waals surface area contributed by atoms with E-state index in [0.717, 1.165) is 12.8 Å². The van der Waals surface area contributed by atoms with E-state index in [2.05, 4.69) is 6.92 Å². The van der Waals surface area contributed by atoms with Crippen LogP contribution in [0, 0.1) is 0 Å². The molecule has 1 saturated heterocycles. The second-order valence-corrected chi connectivity index (χ2v) is 4.00. The molecule has 0 bridgehead atoms. The molecule has 0 aliphatic carbocycles. The van der Waals surface area contributed by atoms with Crippen molar-refractivity contribution in [3.05, 3.63) is 0 Å². The molecule has 0 aromatic carbocycles. The molecule has 1 N–H and O–H groups in total. The van der Waals surface area contributed by atoms with E-state index in [0.29, 0.717) is 13.0 Å². The summed E-state index contributed by atoms with van der Waals surface area (Å²) in [5, 5.41) is 9.72. The molecule has 1 fully saturated rings. The van der Waals surface area contributed by atoms with Crippen LogP contribution >= 0.6 is 0 Å². The standard InChI is InChI=1S/C11H22O4/c1-4-5-6-14-10-7-9(13-3)11(12)8(2)15-10/h8-12H,4-7H2,1-3H3/t8-,9+,10-,11-/m1/s1. The van der Waals surface area contributed by atoms with Gasteiger partial charge in [-0.3, -0.25) is 0 Å². The number of hydrogen-bond donors (Lipinski definition) is 1. The average Bonchev–Trinajstić information content (AvgIpc) is 2.23. The maximum atomic E-state index is 9.72. The zero-order valence-corrected chi connectivity index (χ0v) is 9.81. The topological polar surface area (TPSA) is 47.9 Å². The summed E-state index contributed by atoms with van der Waals surface area (Å²) in [6, 6.07) is 0. The van der Waals surface area contributed by atoms with Gasteiger partial charge >= 0.3 is 0 Å². The Balaban J connectivity index is 2.34. The average molecular weight is 218 g/mol. The minimum atomic E-state index is -0.555. The first-order valence-corrected chi connectivity index (χ1v) is 5.67. The fourth-order valence-corrected chi connectivity index (χ4v) is 1.71. The van der Waals surface area contributed by atoms with Crippen molar-refractivity contribution in [2.24, 2.45) is 0 Å². The lowest BCUT2D eigenvalue weighted by Gasteiger charge is -2.36. The van der Waals surface area contributed by atoms with Crippen molar-refractivity contribution in [3.8, 4) is 0 Å². The molecule has 15 heavy (non-hydrogen) atoms. The van der Waals surface area contributed by atoms with Gasteiger partial charge in [-0.15, -0.1) is 0 Å². The van der Waals surface area contributed by atoms with Crippen LogP contribution in [0.3, 0.4) is 0 Å². The normalized spacial score (nSPS) is 36.8. The summed E-state index contributed by atoms with van der Waals surface area (Å²) >= 11 is 0. The maximum Gasteiger partial charge on any atom is 0.160 e. The Morgan fingerprint density at radius 1 is 1.47 bits per heavy atom. The summed E-state index contributed by atoms with van der Waals surface area (Å²) < 4.78 is 16.3. The lowest BCUT2D eigenvalue weighted by atomic mass is 10.0. The van der Waals surface area contributed by atoms with Gasteiger partial charge in [0, 0.05) is 20.1 Å². The van der Waals surface area contributed by atoms with Gasteiger partial charge in [0.15, 0.2) is 6.29 Å². The van der Waals surface area contributed by atoms with Crippen LogP contribution in [0.2, 0.25) is 0 Å². The number of rotatable bonds is 5. The monoisotopic (exact) mass is 218 g/mol. The van der Waals surface area contributed by atoms with Crippen molar-refractivity contribution in [1.82, 2.24) is 0 Å². The highest BCUT2D eigenvalue weighted by Gasteiger charge is 2.35. The van der Waals surface area contributed by atoms with Gasteiger partial charge in [0.25, 0.3) is 0 Å². The molecule has 0 amide bonds. The van der Waals surface area contributed by atoms with Crippen molar-refractivity contribution < 1.29 is 19.3 Å². The molecule has 1 aliphatic heterocycles. The van der Waals surface area contributed by atoms with Crippen molar-refractivity contribution >= 4 is 0 Å². The molecule has 0 saturated carbocycles. The van der Waals surface area contributed by atoms with Gasteiger partial charge in [0.2, 0.25) is 0 Å². The van der Waals surface area contributed by atoms with Crippen molar-refractivity contribution in [1.29, 1.82) is 0 Å². The molecule has 0 unspecified atom stereocenters. The molecular formula is C11H22O4. The lowest BCUT2D eigenvalue weighted by molar-refractivity contribution is -0.249. The SMILES string of the molecule is CCCCO[C@H]1C[C@H](OC)[C@H](O)[C@@H](C)O1. The smallest absolute Gasteiger partial charge is 0.160 e. The predicted octanol–water partition coefficient (Wildman–Crippen LogP) is 1.31. The molecule has 0 aromatic rings. The Morgan fingerprint density at radius 2 is 2.20 bits per heavy atom. The summed E-state index contributed by atoms with van der Waals surface area (Å²) in [6.07, 6.45) is 1.55. The molecule has 1 heterocycles. The van der Waals surface area contributed by atoms with E-state index in [1.807, 2.05) is 6.92 Å². The van der Waals surface area contributed by atoms with E-state index in [1.54, 1.807) is 7.11 Å². The quantitative estimate of drug-likeness (QED) is 0.707. The van der Waals surface area contributed by atoms with Gasteiger partial charge in [-0.25, -0.2) is 0 Å². The van der Waals surface area contributed by atoms with Crippen LogP contribution in [0.15, 0.2) is 0 Å². The number of unbranched alkanes of at least 4 members (excludes halogenated alkanes) is 1. The molecule has 1 aliphatic rings. The Labute approximate surface area is 91.5 Å². The Kier molecular flexibility index (Phi) is 5.53. The maximum absolute atomic E-state index is 9.72. The third-order valence-corrected chi connectivity index (χ3v) is 2.76. The first-order valence-electron chi connectivity index (χ1n) is 5.67. The van der Waals surface area contributed by atoms with Crippen LogP contribution in [0.1, 0.15) is 33.1 Å². The van der Waals surface area contributed by atoms with Crippen LogP contribution in [0.5, 0.6) is 0 Å². The fraction of sp³-hybridized carbons (Fsp3) is 1.00. The van der Waals surface area contributed by atoms with Crippen molar-refractivity contribution in [2.45, 2.75) is 57.7 Å². The number of methoxy groups -OCH3 is 1. The number of aliphatic hydroxyl groups excluding tert-OH is 1. The van der Waals surface area contributed by atoms with Crippen LogP contribution < -0.4 is 0 Å². The molecular weight excluding hydrogens is 196 g/mol. The first kappa shape index (κ1) is 12.9. The molecule has 4 heteroatoms. The van der Waals surface area contributed by atoms with Crippen molar-refractivity contribution in [2.75, 3.05) is 13.7 Å². The molecule has 4 atom stereocenters. The van der Waals surface area contributed by atoms with E-state index in [9.17, 15) is 5.11 Å². The highest BCUT2D eigenvalue weighted by Crippen LogP contribution is 2.23. The lowest BCUT2D eigenvalue weighted by Crippen LogP contribution is -2.48. The van der Waals surface area contributed by atoms with E-state index < -0.39 is 6.10 Å². The van der Waals surface area contributed by atoms with Crippen LogP contribution in [-0.4, -0.2) is 43.4 Å². The Morgan fingerprint density at radius 3 is 2.80 bits per heavy atom. The first-order chi connectivity index (χ1) is 7.19. The number of aliphatic hydroxyl groups is 1. The highest BCUT2D eigenvalue weighted by molar-refractivity contribution is 4.81. The van der Waals surface area contributed by atoms with Gasteiger partial charge in [0.1, 0.15) is 6.10 Å². The van der Waals surface area contributed by atoms with Gasteiger partial charge < -0.3 is 19.3 Å². The van der Waals surface area contributed by atoms with Gasteiger partial charge in [-0.2, -0.15) is 0 Å². The summed E-state index contributed by atoms with van der Waals surface area (Å²) in [4.78, 5) is 0. The fourth-order valence-electron chi connectivity index (χ4n) is 1.71. The van der Waals surface area contributed by atoms with E-state index >= 15 is 0 Å². The molecule has 4 nitrogen and oxygen atoms in total. The molecule has 90 valence electrons. The summed E-state index contributed by atoms with van der Waals surface area (Å²) in [5.41, 5.74) is 0. The van der Waals surface area contributed by atoms with Crippen LogP contribution in [0.4, 0.5) is 0 Å². The van der Waals surface area contributed by atoms with Crippen LogP contribution in [-0.2, 0) is 14.2 Å². The summed E-state index contributed by atoms with van der Waals surface area (Å²) in [7, 11) is 1.61. The van der Waals surface area contributed by atoms with E-state index in [1.165, 1.54) is 0 Å².